The van der Waals surface area contributed by atoms with Gasteiger partial charge >= 0.3 is 11.9 Å². The highest BCUT2D eigenvalue weighted by Crippen LogP contribution is 2.28. The lowest BCUT2D eigenvalue weighted by Gasteiger charge is -2.11. The van der Waals surface area contributed by atoms with E-state index < -0.39 is 5.97 Å². The van der Waals surface area contributed by atoms with Crippen molar-refractivity contribution in [2.75, 3.05) is 7.11 Å². The molecule has 0 radical (unpaired) electrons. The van der Waals surface area contributed by atoms with E-state index in [1.165, 1.54) is 7.11 Å². The molecule has 2 aromatic carbocycles. The van der Waals surface area contributed by atoms with Crippen LogP contribution in [0.15, 0.2) is 48.5 Å². The molecule has 0 atom stereocenters. The fourth-order valence-electron chi connectivity index (χ4n) is 3.23. The second-order valence-corrected chi connectivity index (χ2v) is 6.53. The van der Waals surface area contributed by atoms with Gasteiger partial charge in [-0.3, -0.25) is 4.79 Å². The first-order valence-corrected chi connectivity index (χ1v) is 8.88. The van der Waals surface area contributed by atoms with Crippen molar-refractivity contribution in [3.05, 3.63) is 70.9 Å². The van der Waals surface area contributed by atoms with E-state index in [1.54, 1.807) is 0 Å². The fraction of sp³-hybridized carbons (Fsp3) is 0.273. The molecular weight excluding hydrogens is 342 g/mol. The summed E-state index contributed by atoms with van der Waals surface area (Å²) in [4.78, 5) is 24.5. The quantitative estimate of drug-likeness (QED) is 0.615. The minimum absolute atomic E-state index is 0.187. The molecule has 0 unspecified atom stereocenters. The van der Waals surface area contributed by atoms with Gasteiger partial charge in [0.05, 0.1) is 13.5 Å². The van der Waals surface area contributed by atoms with E-state index in [0.29, 0.717) is 12.2 Å². The summed E-state index contributed by atoms with van der Waals surface area (Å²) in [6, 6.07) is 15.6. The van der Waals surface area contributed by atoms with Gasteiger partial charge in [-0.2, -0.15) is 0 Å². The smallest absolute Gasteiger partial charge is 0.355 e. The molecule has 27 heavy (non-hydrogen) atoms. The van der Waals surface area contributed by atoms with Gasteiger partial charge in [-0.15, -0.1) is 0 Å². The summed E-state index contributed by atoms with van der Waals surface area (Å²) < 4.78 is 12.2. The van der Waals surface area contributed by atoms with E-state index in [9.17, 15) is 9.59 Å². The maximum Gasteiger partial charge on any atom is 0.355 e. The van der Waals surface area contributed by atoms with Crippen molar-refractivity contribution in [3.63, 3.8) is 0 Å². The Morgan fingerprint density at radius 1 is 1.04 bits per heavy atom. The molecule has 5 heteroatoms. The molecule has 0 saturated heterocycles. The van der Waals surface area contributed by atoms with Gasteiger partial charge in [0, 0.05) is 17.4 Å². The summed E-state index contributed by atoms with van der Waals surface area (Å²) in [6.45, 7) is 4.49. The van der Waals surface area contributed by atoms with Gasteiger partial charge < -0.3 is 14.0 Å². The van der Waals surface area contributed by atoms with Crippen molar-refractivity contribution >= 4 is 22.8 Å². The molecule has 1 aromatic heterocycles. The Morgan fingerprint density at radius 2 is 1.78 bits per heavy atom. The number of aromatic nitrogens is 1. The van der Waals surface area contributed by atoms with Gasteiger partial charge in [-0.25, -0.2) is 4.79 Å². The van der Waals surface area contributed by atoms with Crippen molar-refractivity contribution in [2.24, 2.45) is 0 Å². The molecule has 0 spiro atoms. The number of hydrogen-bond acceptors (Lipinski definition) is 4. The number of hydrogen-bond donors (Lipinski definition) is 0. The number of nitrogens with zero attached hydrogens (tertiary/aromatic N) is 1. The van der Waals surface area contributed by atoms with Crippen LogP contribution in [0.1, 0.15) is 33.6 Å². The molecule has 0 amide bonds. The predicted octanol–water partition coefficient (Wildman–Crippen LogP) is 4.18. The van der Waals surface area contributed by atoms with Crippen molar-refractivity contribution in [1.29, 1.82) is 0 Å². The number of aryl methyl sites for hydroxylation is 3. The van der Waals surface area contributed by atoms with Gasteiger partial charge in [-0.1, -0.05) is 42.0 Å². The second-order valence-electron chi connectivity index (χ2n) is 6.53. The number of ether oxygens (including phenoxy) is 2. The third kappa shape index (κ3) is 4.03. The number of carbonyl (C=O) groups excluding carboxylic acids is 2. The normalized spacial score (nSPS) is 10.8. The molecule has 140 valence electrons. The van der Waals surface area contributed by atoms with Gasteiger partial charge in [-0.05, 0) is 37.1 Å². The van der Waals surface area contributed by atoms with Crippen LogP contribution >= 0.6 is 0 Å². The Morgan fingerprint density at radius 3 is 2.48 bits per heavy atom. The van der Waals surface area contributed by atoms with Gasteiger partial charge in [0.25, 0.3) is 0 Å². The van der Waals surface area contributed by atoms with E-state index in [4.69, 9.17) is 9.47 Å². The zero-order valence-electron chi connectivity index (χ0n) is 15.8. The minimum atomic E-state index is -0.393. The van der Waals surface area contributed by atoms with Gasteiger partial charge in [0.15, 0.2) is 0 Å². The van der Waals surface area contributed by atoms with Gasteiger partial charge in [0.1, 0.15) is 12.3 Å². The first-order chi connectivity index (χ1) is 13.0. The topological polar surface area (TPSA) is 57.5 Å². The van der Waals surface area contributed by atoms with Crippen LogP contribution in [0.2, 0.25) is 0 Å². The lowest BCUT2D eigenvalue weighted by molar-refractivity contribution is -0.140. The molecule has 3 aromatic rings. The third-order valence-electron chi connectivity index (χ3n) is 4.65. The largest absolute Gasteiger partial charge is 0.469 e. The highest BCUT2D eigenvalue weighted by molar-refractivity contribution is 5.99. The molecule has 3 rings (SSSR count). The standard InChI is InChI=1S/C22H23NO4/c1-15-9-10-19-18(13-15)16(2)21(23(19)12-11-20(24)26-3)22(25)27-14-17-7-5-4-6-8-17/h4-10,13H,11-12,14H2,1-3H3. The number of esters is 2. The maximum absolute atomic E-state index is 12.9. The average molecular weight is 365 g/mol. The van der Waals surface area contributed by atoms with Crippen molar-refractivity contribution < 1.29 is 19.1 Å². The van der Waals surface area contributed by atoms with E-state index in [1.807, 2.05) is 66.9 Å². The summed E-state index contributed by atoms with van der Waals surface area (Å²) in [5, 5.41) is 0.992. The maximum atomic E-state index is 12.9. The number of fused-ring (bicyclic) bond motifs is 1. The Bertz CT molecular complexity index is 973. The SMILES string of the molecule is COC(=O)CCn1c(C(=O)OCc2ccccc2)c(C)c2cc(C)ccc21. The minimum Gasteiger partial charge on any atom is -0.469 e. The second kappa shape index (κ2) is 8.08. The van der Waals surface area contributed by atoms with Crippen LogP contribution in [0.3, 0.4) is 0 Å². The molecule has 1 heterocycles. The molecule has 0 bridgehead atoms. The van der Waals surface area contributed by atoms with Gasteiger partial charge in [0.2, 0.25) is 0 Å². The molecule has 5 nitrogen and oxygen atoms in total. The zero-order chi connectivity index (χ0) is 19.4. The Hall–Kier alpha value is -3.08. The first-order valence-electron chi connectivity index (χ1n) is 8.88. The Labute approximate surface area is 158 Å². The summed E-state index contributed by atoms with van der Waals surface area (Å²) in [5.74, 6) is -0.708. The molecule has 0 N–H and O–H groups in total. The van der Waals surface area contributed by atoms with Crippen LogP contribution in [0, 0.1) is 13.8 Å². The lowest BCUT2D eigenvalue weighted by atomic mass is 10.1. The molecular formula is C22H23NO4. The predicted molar refractivity (Wildman–Crippen MR) is 104 cm³/mol. The van der Waals surface area contributed by atoms with E-state index >= 15 is 0 Å². The fourth-order valence-corrected chi connectivity index (χ4v) is 3.23. The Balaban J connectivity index is 1.95. The molecule has 0 aliphatic rings. The summed E-state index contributed by atoms with van der Waals surface area (Å²) in [7, 11) is 1.36. The highest BCUT2D eigenvalue weighted by atomic mass is 16.5. The van der Waals surface area contributed by atoms with Crippen molar-refractivity contribution in [1.82, 2.24) is 4.57 Å². The molecule has 0 saturated carbocycles. The lowest BCUT2D eigenvalue weighted by Crippen LogP contribution is -2.15. The summed E-state index contributed by atoms with van der Waals surface area (Å²) in [6.07, 6.45) is 0.187. The molecule has 0 fully saturated rings. The van der Waals surface area contributed by atoms with Crippen LogP contribution in [-0.4, -0.2) is 23.6 Å². The van der Waals surface area contributed by atoms with Crippen LogP contribution < -0.4 is 0 Å². The van der Waals surface area contributed by atoms with Crippen LogP contribution in [0.4, 0.5) is 0 Å². The Kier molecular flexibility index (Phi) is 5.60. The van der Waals surface area contributed by atoms with Crippen LogP contribution in [-0.2, 0) is 27.4 Å². The molecule has 0 aliphatic heterocycles. The number of rotatable bonds is 6. The van der Waals surface area contributed by atoms with E-state index in [2.05, 4.69) is 0 Å². The summed E-state index contributed by atoms with van der Waals surface area (Å²) in [5.41, 5.74) is 4.29. The molecule has 0 aliphatic carbocycles. The van der Waals surface area contributed by atoms with E-state index in [-0.39, 0.29) is 19.0 Å². The average Bonchev–Trinajstić information content (AvgIpc) is 2.96. The first kappa shape index (κ1) is 18.7. The number of carbonyl (C=O) groups is 2. The monoisotopic (exact) mass is 365 g/mol. The van der Waals surface area contributed by atoms with Crippen molar-refractivity contribution in [3.8, 4) is 0 Å². The number of methoxy groups -OCH3 is 1. The van der Waals surface area contributed by atoms with Crippen LogP contribution in [0.5, 0.6) is 0 Å². The van der Waals surface area contributed by atoms with E-state index in [0.717, 1.165) is 27.6 Å². The van der Waals surface area contributed by atoms with Crippen molar-refractivity contribution in [2.45, 2.75) is 33.4 Å². The number of benzene rings is 2. The zero-order valence-corrected chi connectivity index (χ0v) is 15.8. The highest BCUT2D eigenvalue weighted by Gasteiger charge is 2.22. The summed E-state index contributed by atoms with van der Waals surface area (Å²) >= 11 is 0. The third-order valence-corrected chi connectivity index (χ3v) is 4.65. The van der Waals surface area contributed by atoms with Crippen LogP contribution in [0.25, 0.3) is 10.9 Å².